The van der Waals surface area contributed by atoms with E-state index < -0.39 is 0 Å². The summed E-state index contributed by atoms with van der Waals surface area (Å²) in [6.07, 6.45) is 1.65. The van der Waals surface area contributed by atoms with Gasteiger partial charge in [-0.15, -0.1) is 0 Å². The molecule has 102 valence electrons. The average Bonchev–Trinajstić information content (AvgIpc) is 2.46. The van der Waals surface area contributed by atoms with Crippen molar-refractivity contribution in [1.29, 1.82) is 0 Å². The molecule has 0 aliphatic carbocycles. The molecule has 0 aliphatic rings. The fraction of sp³-hybridized carbons (Fsp3) is 0.125. The highest BCUT2D eigenvalue weighted by Gasteiger charge is 2.06. The van der Waals surface area contributed by atoms with Crippen LogP contribution < -0.4 is 0 Å². The molecule has 2 aromatic carbocycles. The number of rotatable bonds is 3. The van der Waals surface area contributed by atoms with Gasteiger partial charge in [0.1, 0.15) is 5.82 Å². The number of halogens is 1. The molecule has 3 nitrogen and oxygen atoms in total. The largest absolute Gasteiger partial charge is 0.465 e. The molecule has 0 amide bonds. The van der Waals surface area contributed by atoms with Crippen LogP contribution >= 0.6 is 0 Å². The first-order valence-corrected chi connectivity index (χ1v) is 6.09. The average molecular weight is 271 g/mol. The minimum atomic E-state index is -0.373. The molecule has 0 saturated heterocycles. The molecule has 0 aromatic heterocycles. The molecule has 0 aliphatic heterocycles. The van der Waals surface area contributed by atoms with Crippen molar-refractivity contribution in [2.24, 2.45) is 4.99 Å². The van der Waals surface area contributed by atoms with Crippen LogP contribution in [0.2, 0.25) is 0 Å². The number of aliphatic imine (C=N–C) groups is 1. The lowest BCUT2D eigenvalue weighted by Gasteiger charge is -2.03. The van der Waals surface area contributed by atoms with E-state index in [0.717, 1.165) is 16.8 Å². The van der Waals surface area contributed by atoms with Gasteiger partial charge in [0.25, 0.3) is 0 Å². The normalized spacial score (nSPS) is 10.8. The summed E-state index contributed by atoms with van der Waals surface area (Å²) in [5, 5.41) is 0. The van der Waals surface area contributed by atoms with Crippen molar-refractivity contribution in [2.75, 3.05) is 7.11 Å². The van der Waals surface area contributed by atoms with E-state index in [1.165, 1.54) is 19.2 Å². The molecule has 2 aromatic rings. The summed E-state index contributed by atoms with van der Waals surface area (Å²) in [5.74, 6) is -0.650. The molecular formula is C16H14FNO2. The van der Waals surface area contributed by atoms with Crippen molar-refractivity contribution >= 4 is 17.9 Å². The van der Waals surface area contributed by atoms with E-state index in [9.17, 15) is 9.18 Å². The molecule has 0 saturated carbocycles. The first-order chi connectivity index (χ1) is 9.60. The Morgan fingerprint density at radius 2 is 1.90 bits per heavy atom. The van der Waals surface area contributed by atoms with Crippen LogP contribution in [0, 0.1) is 12.7 Å². The first kappa shape index (κ1) is 13.9. The molecule has 0 fully saturated rings. The van der Waals surface area contributed by atoms with Crippen LogP contribution in [-0.2, 0) is 4.74 Å². The van der Waals surface area contributed by atoms with Crippen LogP contribution in [0.3, 0.4) is 0 Å². The number of benzene rings is 2. The second kappa shape index (κ2) is 6.10. The fourth-order valence-corrected chi connectivity index (χ4v) is 1.74. The molecule has 0 radical (unpaired) electrons. The van der Waals surface area contributed by atoms with Gasteiger partial charge in [-0.1, -0.05) is 12.1 Å². The Kier molecular flexibility index (Phi) is 4.25. The molecule has 0 atom stereocenters. The predicted molar refractivity (Wildman–Crippen MR) is 76.2 cm³/mol. The highest BCUT2D eigenvalue weighted by atomic mass is 19.1. The van der Waals surface area contributed by atoms with Gasteiger partial charge in [-0.05, 0) is 48.4 Å². The number of hydrogen-bond donors (Lipinski definition) is 0. The monoisotopic (exact) mass is 271 g/mol. The topological polar surface area (TPSA) is 38.7 Å². The Balaban J connectivity index is 2.21. The SMILES string of the molecule is COC(=O)c1ccc(/N=C/c2ccc(F)cc2)c(C)c1. The second-order valence-corrected chi connectivity index (χ2v) is 4.30. The van der Waals surface area contributed by atoms with E-state index in [1.54, 1.807) is 36.5 Å². The quantitative estimate of drug-likeness (QED) is 0.631. The van der Waals surface area contributed by atoms with Crippen LogP contribution in [-0.4, -0.2) is 19.3 Å². The molecule has 2 rings (SSSR count). The van der Waals surface area contributed by atoms with Crippen LogP contribution in [0.1, 0.15) is 21.5 Å². The second-order valence-electron chi connectivity index (χ2n) is 4.30. The minimum Gasteiger partial charge on any atom is -0.465 e. The lowest BCUT2D eigenvalue weighted by Crippen LogP contribution is -2.00. The predicted octanol–water partition coefficient (Wildman–Crippen LogP) is 3.67. The lowest BCUT2D eigenvalue weighted by atomic mass is 10.1. The van der Waals surface area contributed by atoms with E-state index in [2.05, 4.69) is 9.73 Å². The van der Waals surface area contributed by atoms with E-state index in [1.807, 2.05) is 6.92 Å². The summed E-state index contributed by atoms with van der Waals surface area (Å²) < 4.78 is 17.4. The number of methoxy groups -OCH3 is 1. The number of esters is 1. The van der Waals surface area contributed by atoms with Crippen molar-refractivity contribution in [3.8, 4) is 0 Å². The zero-order valence-electron chi connectivity index (χ0n) is 11.3. The number of carbonyl (C=O) groups is 1. The summed E-state index contributed by atoms with van der Waals surface area (Å²) in [6, 6.07) is 11.2. The van der Waals surface area contributed by atoms with Crippen molar-refractivity contribution in [3.63, 3.8) is 0 Å². The third kappa shape index (κ3) is 3.29. The zero-order chi connectivity index (χ0) is 14.5. The van der Waals surface area contributed by atoms with Gasteiger partial charge >= 0.3 is 5.97 Å². The number of ether oxygens (including phenoxy) is 1. The number of nitrogens with zero attached hydrogens (tertiary/aromatic N) is 1. The highest BCUT2D eigenvalue weighted by Crippen LogP contribution is 2.20. The van der Waals surface area contributed by atoms with E-state index in [0.29, 0.717) is 5.56 Å². The standard InChI is InChI=1S/C16H14FNO2/c1-11-9-13(16(19)20-2)5-8-15(11)18-10-12-3-6-14(17)7-4-12/h3-10H,1-2H3/b18-10+. The summed E-state index contributed by atoms with van der Waals surface area (Å²) in [4.78, 5) is 15.7. The van der Waals surface area contributed by atoms with Crippen LogP contribution in [0.4, 0.5) is 10.1 Å². The fourth-order valence-electron chi connectivity index (χ4n) is 1.74. The molecule has 0 bridgehead atoms. The molecular weight excluding hydrogens is 257 g/mol. The number of carbonyl (C=O) groups excluding carboxylic acids is 1. The maximum Gasteiger partial charge on any atom is 0.337 e. The van der Waals surface area contributed by atoms with Crippen molar-refractivity contribution < 1.29 is 13.9 Å². The Hall–Kier alpha value is -2.49. The van der Waals surface area contributed by atoms with Crippen molar-refractivity contribution in [2.45, 2.75) is 6.92 Å². The first-order valence-electron chi connectivity index (χ1n) is 6.09. The minimum absolute atomic E-state index is 0.277. The lowest BCUT2D eigenvalue weighted by molar-refractivity contribution is 0.0600. The van der Waals surface area contributed by atoms with Gasteiger partial charge in [-0.3, -0.25) is 4.99 Å². The van der Waals surface area contributed by atoms with Crippen LogP contribution in [0.25, 0.3) is 0 Å². The molecule has 20 heavy (non-hydrogen) atoms. The van der Waals surface area contributed by atoms with Crippen molar-refractivity contribution in [3.05, 3.63) is 65.0 Å². The Morgan fingerprint density at radius 1 is 1.20 bits per heavy atom. The van der Waals surface area contributed by atoms with E-state index in [4.69, 9.17) is 0 Å². The van der Waals surface area contributed by atoms with Crippen LogP contribution in [0.5, 0.6) is 0 Å². The van der Waals surface area contributed by atoms with Crippen molar-refractivity contribution in [1.82, 2.24) is 0 Å². The number of hydrogen-bond acceptors (Lipinski definition) is 3. The van der Waals surface area contributed by atoms with Gasteiger partial charge in [-0.25, -0.2) is 9.18 Å². The third-order valence-electron chi connectivity index (χ3n) is 2.84. The third-order valence-corrected chi connectivity index (χ3v) is 2.84. The maximum atomic E-state index is 12.8. The van der Waals surface area contributed by atoms with Gasteiger partial charge in [0.05, 0.1) is 18.4 Å². The summed E-state index contributed by atoms with van der Waals surface area (Å²) in [7, 11) is 1.35. The Labute approximate surface area is 116 Å². The van der Waals surface area contributed by atoms with Gasteiger partial charge in [0.2, 0.25) is 0 Å². The van der Waals surface area contributed by atoms with E-state index in [-0.39, 0.29) is 11.8 Å². The Morgan fingerprint density at radius 3 is 2.50 bits per heavy atom. The molecule has 0 N–H and O–H groups in total. The maximum absolute atomic E-state index is 12.8. The van der Waals surface area contributed by atoms with Gasteiger partial charge in [0.15, 0.2) is 0 Å². The highest BCUT2D eigenvalue weighted by molar-refractivity contribution is 5.90. The molecule has 4 heteroatoms. The van der Waals surface area contributed by atoms with Gasteiger partial charge in [-0.2, -0.15) is 0 Å². The van der Waals surface area contributed by atoms with Gasteiger partial charge in [0, 0.05) is 6.21 Å². The molecule has 0 heterocycles. The molecule has 0 spiro atoms. The van der Waals surface area contributed by atoms with E-state index >= 15 is 0 Å². The summed E-state index contributed by atoms with van der Waals surface area (Å²) in [6.45, 7) is 1.86. The van der Waals surface area contributed by atoms with Gasteiger partial charge < -0.3 is 4.74 Å². The zero-order valence-corrected chi connectivity index (χ0v) is 11.3. The smallest absolute Gasteiger partial charge is 0.337 e. The Bertz CT molecular complexity index is 648. The summed E-state index contributed by atoms with van der Waals surface area (Å²) >= 11 is 0. The summed E-state index contributed by atoms with van der Waals surface area (Å²) in [5.41, 5.74) is 2.92. The molecule has 0 unspecified atom stereocenters. The number of aryl methyl sites for hydroxylation is 1. The van der Waals surface area contributed by atoms with Crippen LogP contribution in [0.15, 0.2) is 47.5 Å².